The summed E-state index contributed by atoms with van der Waals surface area (Å²) >= 11 is 0. The minimum Gasteiger partial charge on any atom is -0.377 e. The maximum atomic E-state index is 12.5. The zero-order valence-corrected chi connectivity index (χ0v) is 15.0. The molecule has 2 amide bonds. The summed E-state index contributed by atoms with van der Waals surface area (Å²) in [5.41, 5.74) is 2.22. The standard InChI is InChI=1S/C20H28N2O3/c1-2-25-14-18-6-4-3-5-17(18)13-21-19(23)15-9-11-22(12-10-15)20(24)16-7-8-16/h3-6,15-16H,2,7-14H2,1H3,(H,21,23). The van der Waals surface area contributed by atoms with E-state index in [9.17, 15) is 9.59 Å². The Labute approximate surface area is 149 Å². The number of carbonyl (C=O) groups is 2. The quantitative estimate of drug-likeness (QED) is 0.827. The van der Waals surface area contributed by atoms with Crippen LogP contribution in [0.3, 0.4) is 0 Å². The molecule has 0 unspecified atom stereocenters. The molecule has 2 aliphatic rings. The number of hydrogen-bond donors (Lipinski definition) is 1. The average molecular weight is 344 g/mol. The lowest BCUT2D eigenvalue weighted by Crippen LogP contribution is -2.43. The number of amides is 2. The zero-order chi connectivity index (χ0) is 17.6. The van der Waals surface area contributed by atoms with Crippen LogP contribution in [0.15, 0.2) is 24.3 Å². The average Bonchev–Trinajstić information content (AvgIpc) is 3.50. The molecule has 1 aliphatic heterocycles. The molecule has 0 aromatic heterocycles. The Kier molecular flexibility index (Phi) is 6.08. The maximum Gasteiger partial charge on any atom is 0.225 e. The molecule has 0 radical (unpaired) electrons. The normalized spacial score (nSPS) is 18.2. The Bertz CT molecular complexity index is 605. The van der Waals surface area contributed by atoms with Crippen LogP contribution in [0.4, 0.5) is 0 Å². The van der Waals surface area contributed by atoms with Crippen LogP contribution in [0.2, 0.25) is 0 Å². The van der Waals surface area contributed by atoms with Gasteiger partial charge in [-0.15, -0.1) is 0 Å². The number of hydrogen-bond acceptors (Lipinski definition) is 3. The van der Waals surface area contributed by atoms with E-state index in [1.807, 2.05) is 36.1 Å². The molecule has 0 spiro atoms. The number of piperidine rings is 1. The third-order valence-electron chi connectivity index (χ3n) is 5.14. The van der Waals surface area contributed by atoms with E-state index in [-0.39, 0.29) is 17.7 Å². The van der Waals surface area contributed by atoms with Gasteiger partial charge in [0.25, 0.3) is 0 Å². The first kappa shape index (κ1) is 17.9. The molecule has 1 aromatic rings. The fourth-order valence-electron chi connectivity index (χ4n) is 3.36. The predicted octanol–water partition coefficient (Wildman–Crippen LogP) is 2.49. The van der Waals surface area contributed by atoms with Gasteiger partial charge in [-0.05, 0) is 43.7 Å². The molecule has 5 heteroatoms. The highest BCUT2D eigenvalue weighted by atomic mass is 16.5. The molecule has 0 atom stereocenters. The lowest BCUT2D eigenvalue weighted by Gasteiger charge is -2.31. The van der Waals surface area contributed by atoms with Crippen LogP contribution < -0.4 is 5.32 Å². The summed E-state index contributed by atoms with van der Waals surface area (Å²) in [6, 6.07) is 8.05. The van der Waals surface area contributed by atoms with Crippen molar-refractivity contribution in [2.45, 2.75) is 45.8 Å². The molecular formula is C20H28N2O3. The van der Waals surface area contributed by atoms with E-state index >= 15 is 0 Å². The van der Waals surface area contributed by atoms with Gasteiger partial charge in [0, 0.05) is 38.1 Å². The molecule has 1 aliphatic carbocycles. The number of nitrogens with zero attached hydrogens (tertiary/aromatic N) is 1. The van der Waals surface area contributed by atoms with Gasteiger partial charge in [0.15, 0.2) is 0 Å². The lowest BCUT2D eigenvalue weighted by molar-refractivity contribution is -0.136. The Morgan fingerprint density at radius 1 is 1.08 bits per heavy atom. The van der Waals surface area contributed by atoms with Gasteiger partial charge >= 0.3 is 0 Å². The molecule has 25 heavy (non-hydrogen) atoms. The van der Waals surface area contributed by atoms with E-state index in [1.54, 1.807) is 0 Å². The van der Waals surface area contributed by atoms with E-state index in [2.05, 4.69) is 5.32 Å². The van der Waals surface area contributed by atoms with Crippen molar-refractivity contribution in [2.75, 3.05) is 19.7 Å². The summed E-state index contributed by atoms with van der Waals surface area (Å²) in [7, 11) is 0. The first-order chi connectivity index (χ1) is 12.2. The van der Waals surface area contributed by atoms with Crippen molar-refractivity contribution in [3.05, 3.63) is 35.4 Å². The van der Waals surface area contributed by atoms with Crippen molar-refractivity contribution in [1.82, 2.24) is 10.2 Å². The molecule has 5 nitrogen and oxygen atoms in total. The van der Waals surface area contributed by atoms with Gasteiger partial charge in [-0.25, -0.2) is 0 Å². The lowest BCUT2D eigenvalue weighted by atomic mass is 9.95. The SMILES string of the molecule is CCOCc1ccccc1CNC(=O)C1CCN(C(=O)C2CC2)CC1. The number of likely N-dealkylation sites (tertiary alicyclic amines) is 1. The Hall–Kier alpha value is -1.88. The molecule has 136 valence electrons. The van der Waals surface area contributed by atoms with Crippen molar-refractivity contribution in [3.63, 3.8) is 0 Å². The second kappa shape index (κ2) is 8.48. The van der Waals surface area contributed by atoms with E-state index < -0.39 is 0 Å². The molecule has 1 aromatic carbocycles. The van der Waals surface area contributed by atoms with Gasteiger partial charge in [-0.2, -0.15) is 0 Å². The second-order valence-electron chi connectivity index (χ2n) is 7.00. The maximum absolute atomic E-state index is 12.5. The molecule has 0 bridgehead atoms. The van der Waals surface area contributed by atoms with Crippen LogP contribution >= 0.6 is 0 Å². The number of ether oxygens (including phenoxy) is 1. The van der Waals surface area contributed by atoms with E-state index in [0.717, 1.165) is 36.8 Å². The second-order valence-corrected chi connectivity index (χ2v) is 7.00. The topological polar surface area (TPSA) is 58.6 Å². The molecule has 1 saturated heterocycles. The third-order valence-corrected chi connectivity index (χ3v) is 5.14. The predicted molar refractivity (Wildman–Crippen MR) is 95.6 cm³/mol. The number of rotatable bonds is 7. The highest BCUT2D eigenvalue weighted by molar-refractivity contribution is 5.82. The minimum atomic E-state index is 0.0160. The van der Waals surface area contributed by atoms with Gasteiger partial charge in [0.2, 0.25) is 11.8 Å². The molecular weight excluding hydrogens is 316 g/mol. The summed E-state index contributed by atoms with van der Waals surface area (Å²) in [6.07, 6.45) is 3.62. The molecule has 2 fully saturated rings. The number of carbonyl (C=O) groups excluding carboxylic acids is 2. The first-order valence-corrected chi connectivity index (χ1v) is 9.40. The van der Waals surface area contributed by atoms with Gasteiger partial charge in [-0.3, -0.25) is 9.59 Å². The highest BCUT2D eigenvalue weighted by Gasteiger charge is 2.35. The molecule has 1 saturated carbocycles. The van der Waals surface area contributed by atoms with E-state index in [0.29, 0.717) is 38.8 Å². The zero-order valence-electron chi connectivity index (χ0n) is 15.0. The van der Waals surface area contributed by atoms with E-state index in [4.69, 9.17) is 4.74 Å². The summed E-state index contributed by atoms with van der Waals surface area (Å²) < 4.78 is 5.49. The van der Waals surface area contributed by atoms with Crippen LogP contribution in [0.25, 0.3) is 0 Å². The van der Waals surface area contributed by atoms with Crippen molar-refractivity contribution in [1.29, 1.82) is 0 Å². The summed E-state index contributed by atoms with van der Waals surface area (Å²) in [5.74, 6) is 0.683. The van der Waals surface area contributed by atoms with Crippen molar-refractivity contribution in [3.8, 4) is 0 Å². The molecule has 1 heterocycles. The van der Waals surface area contributed by atoms with Crippen LogP contribution in [0.1, 0.15) is 43.7 Å². The Balaban J connectivity index is 1.46. The largest absolute Gasteiger partial charge is 0.377 e. The highest BCUT2D eigenvalue weighted by Crippen LogP contribution is 2.32. The van der Waals surface area contributed by atoms with Crippen LogP contribution in [-0.2, 0) is 27.5 Å². The smallest absolute Gasteiger partial charge is 0.225 e. The van der Waals surface area contributed by atoms with Gasteiger partial charge in [0.05, 0.1) is 6.61 Å². The van der Waals surface area contributed by atoms with Crippen molar-refractivity contribution < 1.29 is 14.3 Å². The Morgan fingerprint density at radius 2 is 1.76 bits per heavy atom. The first-order valence-electron chi connectivity index (χ1n) is 9.40. The van der Waals surface area contributed by atoms with E-state index in [1.165, 1.54) is 0 Å². The van der Waals surface area contributed by atoms with Crippen molar-refractivity contribution in [2.24, 2.45) is 11.8 Å². The van der Waals surface area contributed by atoms with Gasteiger partial charge in [0.1, 0.15) is 0 Å². The molecule has 1 N–H and O–H groups in total. The summed E-state index contributed by atoms with van der Waals surface area (Å²) in [4.78, 5) is 26.5. The van der Waals surface area contributed by atoms with Gasteiger partial charge in [-0.1, -0.05) is 24.3 Å². The monoisotopic (exact) mass is 344 g/mol. The fraction of sp³-hybridized carbons (Fsp3) is 0.600. The van der Waals surface area contributed by atoms with Crippen molar-refractivity contribution >= 4 is 11.8 Å². The number of nitrogens with one attached hydrogen (secondary N) is 1. The fourth-order valence-corrected chi connectivity index (χ4v) is 3.36. The number of benzene rings is 1. The molecule has 3 rings (SSSR count). The Morgan fingerprint density at radius 3 is 2.40 bits per heavy atom. The van der Waals surface area contributed by atoms with Crippen LogP contribution in [-0.4, -0.2) is 36.4 Å². The summed E-state index contributed by atoms with van der Waals surface area (Å²) in [5, 5.41) is 3.07. The van der Waals surface area contributed by atoms with Gasteiger partial charge < -0.3 is 15.0 Å². The summed E-state index contributed by atoms with van der Waals surface area (Å²) in [6.45, 7) is 5.19. The minimum absolute atomic E-state index is 0.0160. The van der Waals surface area contributed by atoms with Crippen LogP contribution in [0.5, 0.6) is 0 Å². The van der Waals surface area contributed by atoms with Crippen LogP contribution in [0, 0.1) is 11.8 Å². The third kappa shape index (κ3) is 4.82.